The molecule has 0 saturated heterocycles. The van der Waals surface area contributed by atoms with Crippen molar-refractivity contribution >= 4 is 27.5 Å². The molecule has 0 amide bonds. The zero-order chi connectivity index (χ0) is 12.1. The SMILES string of the molecule is Cl/C=C/COc1c(Br)cccc1CNC1CC1. The van der Waals surface area contributed by atoms with Crippen LogP contribution in [0.3, 0.4) is 0 Å². The maximum absolute atomic E-state index is 5.70. The molecule has 1 aromatic carbocycles. The van der Waals surface area contributed by atoms with Crippen LogP contribution in [0.15, 0.2) is 34.3 Å². The van der Waals surface area contributed by atoms with Gasteiger partial charge in [0.25, 0.3) is 0 Å². The molecule has 1 aromatic rings. The zero-order valence-electron chi connectivity index (χ0n) is 9.46. The van der Waals surface area contributed by atoms with Crippen LogP contribution in [0.5, 0.6) is 5.75 Å². The van der Waals surface area contributed by atoms with Crippen molar-refractivity contribution < 1.29 is 4.74 Å². The standard InChI is InChI=1S/C13H15BrClNO/c14-12-4-1-3-10(9-16-11-5-6-11)13(12)17-8-2-7-15/h1-4,7,11,16H,5-6,8-9H2/b7-2+. The molecule has 0 radical (unpaired) electrons. The van der Waals surface area contributed by atoms with Crippen molar-refractivity contribution in [2.75, 3.05) is 6.61 Å². The second kappa shape index (κ2) is 6.43. The smallest absolute Gasteiger partial charge is 0.138 e. The van der Waals surface area contributed by atoms with Gasteiger partial charge in [-0.15, -0.1) is 0 Å². The predicted octanol–water partition coefficient (Wildman–Crippen LogP) is 3.83. The van der Waals surface area contributed by atoms with E-state index in [4.69, 9.17) is 16.3 Å². The van der Waals surface area contributed by atoms with Gasteiger partial charge in [0.1, 0.15) is 12.4 Å². The third-order valence-corrected chi connectivity index (χ3v) is 3.42. The van der Waals surface area contributed by atoms with E-state index in [1.54, 1.807) is 6.08 Å². The normalized spacial score (nSPS) is 15.4. The molecule has 4 heteroatoms. The lowest BCUT2D eigenvalue weighted by atomic mass is 10.2. The summed E-state index contributed by atoms with van der Waals surface area (Å²) in [7, 11) is 0. The first-order chi connectivity index (χ1) is 8.31. The summed E-state index contributed by atoms with van der Waals surface area (Å²) >= 11 is 8.99. The quantitative estimate of drug-likeness (QED) is 0.861. The van der Waals surface area contributed by atoms with E-state index >= 15 is 0 Å². The summed E-state index contributed by atoms with van der Waals surface area (Å²) in [6.07, 6.45) is 4.36. The lowest BCUT2D eigenvalue weighted by Crippen LogP contribution is -2.16. The molecule has 1 saturated carbocycles. The molecule has 0 spiro atoms. The van der Waals surface area contributed by atoms with Crippen molar-refractivity contribution in [2.45, 2.75) is 25.4 Å². The Kier molecular flexibility index (Phi) is 4.89. The summed E-state index contributed by atoms with van der Waals surface area (Å²) in [6.45, 7) is 1.34. The van der Waals surface area contributed by atoms with Crippen molar-refractivity contribution in [3.05, 3.63) is 39.8 Å². The number of rotatable bonds is 6. The number of hydrogen-bond acceptors (Lipinski definition) is 2. The minimum absolute atomic E-state index is 0.489. The highest BCUT2D eigenvalue weighted by molar-refractivity contribution is 9.10. The van der Waals surface area contributed by atoms with Crippen molar-refractivity contribution in [3.63, 3.8) is 0 Å². The Labute approximate surface area is 115 Å². The predicted molar refractivity (Wildman–Crippen MR) is 74.5 cm³/mol. The molecule has 0 aliphatic heterocycles. The highest BCUT2D eigenvalue weighted by atomic mass is 79.9. The molecule has 1 aliphatic rings. The van der Waals surface area contributed by atoms with Crippen molar-refractivity contribution in [2.24, 2.45) is 0 Å². The Morgan fingerprint density at radius 3 is 3.00 bits per heavy atom. The second-order valence-corrected chi connectivity index (χ2v) is 5.16. The molecule has 1 aliphatic carbocycles. The molecule has 0 heterocycles. The first-order valence-corrected chi connectivity index (χ1v) is 6.93. The Morgan fingerprint density at radius 1 is 1.47 bits per heavy atom. The molecule has 0 atom stereocenters. The summed E-state index contributed by atoms with van der Waals surface area (Å²) in [6, 6.07) is 6.79. The van der Waals surface area contributed by atoms with Crippen molar-refractivity contribution in [1.82, 2.24) is 5.32 Å². The van der Waals surface area contributed by atoms with Crippen LogP contribution < -0.4 is 10.1 Å². The number of benzene rings is 1. The highest BCUT2D eigenvalue weighted by Crippen LogP contribution is 2.30. The van der Waals surface area contributed by atoms with Gasteiger partial charge in [0.05, 0.1) is 4.47 Å². The molecule has 2 rings (SSSR count). The van der Waals surface area contributed by atoms with Crippen LogP contribution in [-0.4, -0.2) is 12.6 Å². The van der Waals surface area contributed by atoms with E-state index in [1.165, 1.54) is 23.9 Å². The minimum Gasteiger partial charge on any atom is -0.488 e. The van der Waals surface area contributed by atoms with Gasteiger partial charge in [-0.1, -0.05) is 23.7 Å². The largest absolute Gasteiger partial charge is 0.488 e. The summed E-state index contributed by atoms with van der Waals surface area (Å²) < 4.78 is 6.68. The summed E-state index contributed by atoms with van der Waals surface area (Å²) in [5.74, 6) is 0.899. The van der Waals surface area contributed by atoms with Crippen LogP contribution in [0.1, 0.15) is 18.4 Å². The van der Waals surface area contributed by atoms with Gasteiger partial charge in [0, 0.05) is 23.7 Å². The zero-order valence-corrected chi connectivity index (χ0v) is 11.8. The molecule has 0 unspecified atom stereocenters. The van der Waals surface area contributed by atoms with Crippen LogP contribution in [0, 0.1) is 0 Å². The van der Waals surface area contributed by atoms with E-state index in [1.807, 2.05) is 12.1 Å². The Bertz CT molecular complexity index is 404. The summed E-state index contributed by atoms with van der Waals surface area (Å²) in [5.41, 5.74) is 2.65. The minimum atomic E-state index is 0.489. The topological polar surface area (TPSA) is 21.3 Å². The molecule has 92 valence electrons. The average molecular weight is 317 g/mol. The van der Waals surface area contributed by atoms with E-state index in [0.717, 1.165) is 16.8 Å². The number of para-hydroxylation sites is 1. The van der Waals surface area contributed by atoms with Crippen molar-refractivity contribution in [3.8, 4) is 5.75 Å². The van der Waals surface area contributed by atoms with E-state index in [2.05, 4.69) is 27.3 Å². The molecular formula is C13H15BrClNO. The van der Waals surface area contributed by atoms with Gasteiger partial charge in [-0.3, -0.25) is 0 Å². The molecule has 0 aromatic heterocycles. The molecule has 2 nitrogen and oxygen atoms in total. The van der Waals surface area contributed by atoms with Crippen LogP contribution in [0.4, 0.5) is 0 Å². The molecule has 1 N–H and O–H groups in total. The highest BCUT2D eigenvalue weighted by Gasteiger charge is 2.20. The lowest BCUT2D eigenvalue weighted by molar-refractivity contribution is 0.355. The first-order valence-electron chi connectivity index (χ1n) is 5.70. The first kappa shape index (κ1) is 12.9. The Balaban J connectivity index is 2.02. The third-order valence-electron chi connectivity index (χ3n) is 2.62. The second-order valence-electron chi connectivity index (χ2n) is 4.06. The monoisotopic (exact) mass is 315 g/mol. The van der Waals surface area contributed by atoms with Gasteiger partial charge >= 0.3 is 0 Å². The Morgan fingerprint density at radius 2 is 2.29 bits per heavy atom. The van der Waals surface area contributed by atoms with Gasteiger partial charge in [-0.05, 0) is 40.9 Å². The van der Waals surface area contributed by atoms with Crippen LogP contribution in [0.2, 0.25) is 0 Å². The van der Waals surface area contributed by atoms with Gasteiger partial charge in [-0.25, -0.2) is 0 Å². The van der Waals surface area contributed by atoms with Gasteiger partial charge < -0.3 is 10.1 Å². The van der Waals surface area contributed by atoms with E-state index in [-0.39, 0.29) is 0 Å². The van der Waals surface area contributed by atoms with E-state index in [0.29, 0.717) is 12.6 Å². The van der Waals surface area contributed by atoms with Crippen LogP contribution in [-0.2, 0) is 6.54 Å². The summed E-state index contributed by atoms with van der Waals surface area (Å²) in [5, 5.41) is 3.49. The number of ether oxygens (including phenoxy) is 1. The average Bonchev–Trinajstić information content (AvgIpc) is 3.13. The lowest BCUT2D eigenvalue weighted by Gasteiger charge is -2.12. The van der Waals surface area contributed by atoms with Gasteiger partial charge in [0.2, 0.25) is 0 Å². The fourth-order valence-electron chi connectivity index (χ4n) is 1.56. The van der Waals surface area contributed by atoms with Gasteiger partial charge in [0.15, 0.2) is 0 Å². The maximum Gasteiger partial charge on any atom is 0.138 e. The molecule has 0 bridgehead atoms. The van der Waals surface area contributed by atoms with Gasteiger partial charge in [-0.2, -0.15) is 0 Å². The van der Waals surface area contributed by atoms with Crippen LogP contribution >= 0.6 is 27.5 Å². The Hall–Kier alpha value is -0.510. The van der Waals surface area contributed by atoms with Crippen molar-refractivity contribution in [1.29, 1.82) is 0 Å². The van der Waals surface area contributed by atoms with Crippen LogP contribution in [0.25, 0.3) is 0 Å². The fraction of sp³-hybridized carbons (Fsp3) is 0.385. The third kappa shape index (κ3) is 4.02. The number of nitrogens with one attached hydrogen (secondary N) is 1. The fourth-order valence-corrected chi connectivity index (χ4v) is 2.16. The molecule has 17 heavy (non-hydrogen) atoms. The molecular weight excluding hydrogens is 302 g/mol. The van der Waals surface area contributed by atoms with E-state index in [9.17, 15) is 0 Å². The summed E-state index contributed by atoms with van der Waals surface area (Å²) in [4.78, 5) is 0. The van der Waals surface area contributed by atoms with E-state index < -0.39 is 0 Å². The number of hydrogen-bond donors (Lipinski definition) is 1. The maximum atomic E-state index is 5.70. The number of halogens is 2. The molecule has 1 fully saturated rings.